The van der Waals surface area contributed by atoms with Crippen molar-refractivity contribution in [2.75, 3.05) is 0 Å². The lowest BCUT2D eigenvalue weighted by atomic mass is 9.70. The standard InChI is InChI=1S/C17H30O5/c1-10(2)11(12(18)15(3,4)5)17(9,13(19)20)22-14(21)16(6,7)8/h10-11H,1-9H3,(H,19,20). The van der Waals surface area contributed by atoms with Crippen LogP contribution in [0.1, 0.15) is 62.3 Å². The zero-order valence-corrected chi connectivity index (χ0v) is 15.2. The fraction of sp³-hybridized carbons (Fsp3) is 0.824. The van der Waals surface area contributed by atoms with Gasteiger partial charge in [-0.2, -0.15) is 0 Å². The van der Waals surface area contributed by atoms with Crippen LogP contribution in [0.3, 0.4) is 0 Å². The van der Waals surface area contributed by atoms with Crippen molar-refractivity contribution >= 4 is 17.7 Å². The van der Waals surface area contributed by atoms with Crippen molar-refractivity contribution in [2.45, 2.75) is 67.9 Å². The third kappa shape index (κ3) is 4.55. The predicted molar refractivity (Wildman–Crippen MR) is 84.4 cm³/mol. The Labute approximate surface area is 133 Å². The van der Waals surface area contributed by atoms with E-state index in [9.17, 15) is 19.5 Å². The summed E-state index contributed by atoms with van der Waals surface area (Å²) in [5.41, 5.74) is -3.45. The van der Waals surface area contributed by atoms with E-state index < -0.39 is 34.3 Å². The Morgan fingerprint density at radius 2 is 1.27 bits per heavy atom. The summed E-state index contributed by atoms with van der Waals surface area (Å²) >= 11 is 0. The normalized spacial score (nSPS) is 16.8. The molecule has 1 N–H and O–H groups in total. The maximum atomic E-state index is 12.7. The third-order valence-electron chi connectivity index (χ3n) is 3.62. The van der Waals surface area contributed by atoms with Gasteiger partial charge in [0.15, 0.2) is 0 Å². The van der Waals surface area contributed by atoms with Gasteiger partial charge in [-0.05, 0) is 33.6 Å². The molecular formula is C17H30O5. The van der Waals surface area contributed by atoms with Crippen LogP contribution < -0.4 is 0 Å². The Bertz CT molecular complexity index is 451. The lowest BCUT2D eigenvalue weighted by Gasteiger charge is -2.39. The molecule has 0 bridgehead atoms. The zero-order chi connectivity index (χ0) is 18.1. The van der Waals surface area contributed by atoms with Gasteiger partial charge in [-0.3, -0.25) is 9.59 Å². The van der Waals surface area contributed by atoms with E-state index in [1.54, 1.807) is 55.4 Å². The van der Waals surface area contributed by atoms with Gasteiger partial charge in [0.05, 0.1) is 11.3 Å². The van der Waals surface area contributed by atoms with Gasteiger partial charge >= 0.3 is 11.9 Å². The molecule has 0 rings (SSSR count). The fourth-order valence-electron chi connectivity index (χ4n) is 2.24. The first kappa shape index (κ1) is 20.6. The molecule has 5 heteroatoms. The van der Waals surface area contributed by atoms with Crippen molar-refractivity contribution in [3.05, 3.63) is 0 Å². The molecule has 0 radical (unpaired) electrons. The minimum Gasteiger partial charge on any atom is -0.478 e. The second-order valence-corrected chi connectivity index (χ2v) is 8.39. The summed E-state index contributed by atoms with van der Waals surface area (Å²) in [5, 5.41) is 9.65. The van der Waals surface area contributed by atoms with Crippen molar-refractivity contribution in [1.29, 1.82) is 0 Å². The molecule has 0 spiro atoms. The van der Waals surface area contributed by atoms with Crippen molar-refractivity contribution in [3.8, 4) is 0 Å². The van der Waals surface area contributed by atoms with Gasteiger partial charge < -0.3 is 9.84 Å². The average molecular weight is 314 g/mol. The van der Waals surface area contributed by atoms with Crippen LogP contribution in [-0.4, -0.2) is 28.4 Å². The number of ketones is 1. The van der Waals surface area contributed by atoms with E-state index in [0.29, 0.717) is 0 Å². The number of carboxylic acids is 1. The smallest absolute Gasteiger partial charge is 0.348 e. The number of hydrogen-bond donors (Lipinski definition) is 1. The van der Waals surface area contributed by atoms with E-state index in [1.807, 2.05) is 0 Å². The molecular weight excluding hydrogens is 284 g/mol. The van der Waals surface area contributed by atoms with E-state index in [0.717, 1.165) is 0 Å². The highest BCUT2D eigenvalue weighted by Gasteiger charge is 2.53. The summed E-state index contributed by atoms with van der Waals surface area (Å²) in [6.07, 6.45) is 0. The summed E-state index contributed by atoms with van der Waals surface area (Å²) in [5.74, 6) is -3.36. The maximum absolute atomic E-state index is 12.7. The Balaban J connectivity index is 5.92. The number of Topliss-reactive ketones (excluding diaryl/α,β-unsaturated/α-hetero) is 1. The number of esters is 1. The molecule has 0 aromatic carbocycles. The molecule has 0 aromatic heterocycles. The molecule has 2 unspecified atom stereocenters. The van der Waals surface area contributed by atoms with Crippen LogP contribution in [0.25, 0.3) is 0 Å². The Kier molecular flexibility index (Phi) is 5.98. The largest absolute Gasteiger partial charge is 0.478 e. The van der Waals surface area contributed by atoms with Crippen molar-refractivity contribution in [3.63, 3.8) is 0 Å². The summed E-state index contributed by atoms with van der Waals surface area (Å²) in [6.45, 7) is 15.0. The van der Waals surface area contributed by atoms with Gasteiger partial charge in [-0.25, -0.2) is 4.79 Å². The quantitative estimate of drug-likeness (QED) is 0.787. The van der Waals surface area contributed by atoms with E-state index in [-0.39, 0.29) is 11.7 Å². The highest BCUT2D eigenvalue weighted by molar-refractivity contribution is 5.94. The summed E-state index contributed by atoms with van der Waals surface area (Å²) in [4.78, 5) is 36.8. The first-order chi connectivity index (χ1) is 9.55. The molecule has 2 atom stereocenters. The van der Waals surface area contributed by atoms with Crippen molar-refractivity contribution in [1.82, 2.24) is 0 Å². The van der Waals surface area contributed by atoms with Gasteiger partial charge in [-0.1, -0.05) is 34.6 Å². The first-order valence-corrected chi connectivity index (χ1v) is 7.56. The minimum absolute atomic E-state index is 0.228. The molecule has 0 aliphatic rings. The van der Waals surface area contributed by atoms with Crippen LogP contribution in [0.5, 0.6) is 0 Å². The molecule has 0 aromatic rings. The van der Waals surface area contributed by atoms with Crippen LogP contribution in [0, 0.1) is 22.7 Å². The second-order valence-electron chi connectivity index (χ2n) is 8.39. The molecule has 5 nitrogen and oxygen atoms in total. The molecule has 0 amide bonds. The number of aliphatic carboxylic acids is 1. The number of rotatable bonds is 5. The molecule has 0 fully saturated rings. The third-order valence-corrected chi connectivity index (χ3v) is 3.62. The number of carboxylic acid groups (broad SMARTS) is 1. The predicted octanol–water partition coefficient (Wildman–Crippen LogP) is 3.31. The molecule has 0 aliphatic carbocycles. The van der Waals surface area contributed by atoms with Gasteiger partial charge in [-0.15, -0.1) is 0 Å². The SMILES string of the molecule is CC(C)C(C(=O)C(C)(C)C)C(C)(OC(=O)C(C)(C)C)C(=O)O. The highest BCUT2D eigenvalue weighted by atomic mass is 16.6. The van der Waals surface area contributed by atoms with E-state index >= 15 is 0 Å². The minimum atomic E-state index is -1.89. The van der Waals surface area contributed by atoms with Gasteiger partial charge in [0.1, 0.15) is 5.78 Å². The number of hydrogen-bond acceptors (Lipinski definition) is 4. The summed E-state index contributed by atoms with van der Waals surface area (Å²) in [6, 6.07) is 0. The zero-order valence-electron chi connectivity index (χ0n) is 15.2. The Morgan fingerprint density at radius 1 is 0.864 bits per heavy atom. The number of carbonyl (C=O) groups is 3. The second kappa shape index (κ2) is 6.39. The molecule has 0 saturated carbocycles. The van der Waals surface area contributed by atoms with Crippen LogP contribution in [0.15, 0.2) is 0 Å². The Hall–Kier alpha value is -1.39. The molecule has 128 valence electrons. The van der Waals surface area contributed by atoms with Gasteiger partial charge in [0.25, 0.3) is 0 Å². The highest BCUT2D eigenvalue weighted by Crippen LogP contribution is 2.37. The van der Waals surface area contributed by atoms with Crippen LogP contribution in [0.2, 0.25) is 0 Å². The maximum Gasteiger partial charge on any atom is 0.348 e. The molecule has 22 heavy (non-hydrogen) atoms. The molecule has 0 heterocycles. The first-order valence-electron chi connectivity index (χ1n) is 7.56. The fourth-order valence-corrected chi connectivity index (χ4v) is 2.24. The Morgan fingerprint density at radius 3 is 1.50 bits per heavy atom. The van der Waals surface area contributed by atoms with Crippen LogP contribution >= 0.6 is 0 Å². The van der Waals surface area contributed by atoms with E-state index in [1.165, 1.54) is 6.92 Å². The van der Waals surface area contributed by atoms with E-state index in [4.69, 9.17) is 4.74 Å². The summed E-state index contributed by atoms with van der Waals surface area (Å²) < 4.78 is 5.34. The monoisotopic (exact) mass is 314 g/mol. The summed E-state index contributed by atoms with van der Waals surface area (Å²) in [7, 11) is 0. The van der Waals surface area contributed by atoms with Crippen molar-refractivity contribution < 1.29 is 24.2 Å². The lowest BCUT2D eigenvalue weighted by molar-refractivity contribution is -0.193. The number of carbonyl (C=O) groups excluding carboxylic acids is 2. The lowest BCUT2D eigenvalue weighted by Crippen LogP contribution is -2.55. The van der Waals surface area contributed by atoms with Crippen molar-refractivity contribution in [2.24, 2.45) is 22.7 Å². The topological polar surface area (TPSA) is 80.7 Å². The van der Waals surface area contributed by atoms with Crippen LogP contribution in [-0.2, 0) is 19.1 Å². The molecule has 0 saturated heterocycles. The van der Waals surface area contributed by atoms with Crippen LogP contribution in [0.4, 0.5) is 0 Å². The van der Waals surface area contributed by atoms with Gasteiger partial charge in [0, 0.05) is 5.41 Å². The van der Waals surface area contributed by atoms with Gasteiger partial charge in [0.2, 0.25) is 5.60 Å². The number of ether oxygens (including phenoxy) is 1. The van der Waals surface area contributed by atoms with E-state index in [2.05, 4.69) is 0 Å². The average Bonchev–Trinajstić information content (AvgIpc) is 2.25. The molecule has 0 aliphatic heterocycles.